The molecular formula is C13H18F3N3O2. The molecule has 1 aromatic carbocycles. The van der Waals surface area contributed by atoms with Gasteiger partial charge in [0.05, 0.1) is 6.61 Å². The standard InChI is InChI=1S/C13H18F3N3O2/c1-19(5-6-21-9-13(14,15)16)8-10-3-2-4-11(7-10)12(17)18-20/h2-4,7,20H,5-6,8-9H2,1H3,(H2,17,18). The minimum atomic E-state index is -4.30. The fraction of sp³-hybridized carbons (Fsp3) is 0.462. The molecule has 0 unspecified atom stereocenters. The summed E-state index contributed by atoms with van der Waals surface area (Å²) in [6, 6.07) is 7.06. The van der Waals surface area contributed by atoms with Crippen LogP contribution in [0.15, 0.2) is 29.4 Å². The maximum absolute atomic E-state index is 11.9. The highest BCUT2D eigenvalue weighted by atomic mass is 19.4. The summed E-state index contributed by atoms with van der Waals surface area (Å²) in [5, 5.41) is 11.5. The molecular weight excluding hydrogens is 287 g/mol. The molecule has 8 heteroatoms. The molecule has 0 fully saturated rings. The van der Waals surface area contributed by atoms with Gasteiger partial charge in [-0.3, -0.25) is 4.90 Å². The zero-order valence-electron chi connectivity index (χ0n) is 11.6. The van der Waals surface area contributed by atoms with Crippen LogP contribution in [0, 0.1) is 0 Å². The van der Waals surface area contributed by atoms with E-state index in [0.29, 0.717) is 18.7 Å². The summed E-state index contributed by atoms with van der Waals surface area (Å²) in [5.41, 5.74) is 6.97. The monoisotopic (exact) mass is 305 g/mol. The minimum Gasteiger partial charge on any atom is -0.409 e. The average molecular weight is 305 g/mol. The molecule has 0 amide bonds. The Morgan fingerprint density at radius 3 is 2.76 bits per heavy atom. The van der Waals surface area contributed by atoms with Crippen LogP contribution in [-0.2, 0) is 11.3 Å². The van der Waals surface area contributed by atoms with Gasteiger partial charge in [0.2, 0.25) is 0 Å². The van der Waals surface area contributed by atoms with E-state index in [1.54, 1.807) is 25.2 Å². The summed E-state index contributed by atoms with van der Waals surface area (Å²) >= 11 is 0. The normalized spacial score (nSPS) is 12.9. The number of halogens is 3. The summed E-state index contributed by atoms with van der Waals surface area (Å²) in [4.78, 5) is 1.82. The van der Waals surface area contributed by atoms with Gasteiger partial charge in [-0.1, -0.05) is 23.4 Å². The third kappa shape index (κ3) is 6.96. The fourth-order valence-corrected chi connectivity index (χ4v) is 1.69. The number of hydrogen-bond donors (Lipinski definition) is 2. The van der Waals surface area contributed by atoms with E-state index in [4.69, 9.17) is 10.9 Å². The van der Waals surface area contributed by atoms with E-state index in [1.165, 1.54) is 0 Å². The summed E-state index contributed by atoms with van der Waals surface area (Å²) in [7, 11) is 1.77. The number of amidine groups is 1. The zero-order chi connectivity index (χ0) is 15.9. The lowest BCUT2D eigenvalue weighted by atomic mass is 10.1. The van der Waals surface area contributed by atoms with E-state index < -0.39 is 12.8 Å². The first-order chi connectivity index (χ1) is 9.81. The SMILES string of the molecule is CN(CCOCC(F)(F)F)Cc1cccc(C(N)=NO)c1. The van der Waals surface area contributed by atoms with Crippen molar-refractivity contribution < 1.29 is 23.1 Å². The van der Waals surface area contributed by atoms with Gasteiger partial charge in [-0.15, -0.1) is 0 Å². The van der Waals surface area contributed by atoms with Crippen molar-refractivity contribution in [2.24, 2.45) is 10.9 Å². The van der Waals surface area contributed by atoms with E-state index in [0.717, 1.165) is 5.56 Å². The first-order valence-electron chi connectivity index (χ1n) is 6.21. The second kappa shape index (κ2) is 7.84. The van der Waals surface area contributed by atoms with Crippen LogP contribution in [0.3, 0.4) is 0 Å². The maximum atomic E-state index is 11.9. The summed E-state index contributed by atoms with van der Waals surface area (Å²) in [6.07, 6.45) is -4.30. The van der Waals surface area contributed by atoms with Crippen LogP contribution in [0.4, 0.5) is 13.2 Å². The van der Waals surface area contributed by atoms with Gasteiger partial charge in [0.1, 0.15) is 6.61 Å². The topological polar surface area (TPSA) is 71.1 Å². The number of rotatable bonds is 7. The third-order valence-corrected chi connectivity index (χ3v) is 2.67. The Kier molecular flexibility index (Phi) is 6.44. The predicted molar refractivity (Wildman–Crippen MR) is 72.2 cm³/mol. The van der Waals surface area contributed by atoms with Crippen LogP contribution in [0.2, 0.25) is 0 Å². The van der Waals surface area contributed by atoms with E-state index in [1.807, 2.05) is 11.0 Å². The molecule has 1 rings (SSSR count). The van der Waals surface area contributed by atoms with Crippen LogP contribution in [0.1, 0.15) is 11.1 Å². The summed E-state index contributed by atoms with van der Waals surface area (Å²) < 4.78 is 40.2. The van der Waals surface area contributed by atoms with Crippen molar-refractivity contribution in [1.82, 2.24) is 4.90 Å². The molecule has 0 atom stereocenters. The minimum absolute atomic E-state index is 0.00403. The highest BCUT2D eigenvalue weighted by molar-refractivity contribution is 5.97. The molecule has 0 aromatic heterocycles. The molecule has 0 saturated carbocycles. The van der Waals surface area contributed by atoms with E-state index in [-0.39, 0.29) is 12.4 Å². The molecule has 0 heterocycles. The van der Waals surface area contributed by atoms with Crippen molar-refractivity contribution in [1.29, 1.82) is 0 Å². The lowest BCUT2D eigenvalue weighted by molar-refractivity contribution is -0.174. The number of nitrogens with two attached hydrogens (primary N) is 1. The molecule has 21 heavy (non-hydrogen) atoms. The number of nitrogens with zero attached hydrogens (tertiary/aromatic N) is 2. The Hall–Kier alpha value is -1.80. The second-order valence-electron chi connectivity index (χ2n) is 4.59. The molecule has 0 saturated heterocycles. The fourth-order valence-electron chi connectivity index (χ4n) is 1.69. The Balaban J connectivity index is 2.43. The van der Waals surface area contributed by atoms with Crippen LogP contribution < -0.4 is 5.73 Å². The molecule has 5 nitrogen and oxygen atoms in total. The molecule has 0 aliphatic rings. The molecule has 0 aliphatic heterocycles. The van der Waals surface area contributed by atoms with Gasteiger partial charge in [0.15, 0.2) is 5.84 Å². The molecule has 3 N–H and O–H groups in total. The molecule has 0 bridgehead atoms. The molecule has 0 aliphatic carbocycles. The summed E-state index contributed by atoms with van der Waals surface area (Å²) in [5.74, 6) is 0.00742. The molecule has 118 valence electrons. The molecule has 1 aromatic rings. The number of likely N-dealkylation sites (N-methyl/N-ethyl adjacent to an activating group) is 1. The van der Waals surface area contributed by atoms with E-state index >= 15 is 0 Å². The number of hydrogen-bond acceptors (Lipinski definition) is 4. The predicted octanol–water partition coefficient (Wildman–Crippen LogP) is 1.79. The van der Waals surface area contributed by atoms with Crippen LogP contribution >= 0.6 is 0 Å². The number of benzene rings is 1. The van der Waals surface area contributed by atoms with Gasteiger partial charge in [0, 0.05) is 18.7 Å². The largest absolute Gasteiger partial charge is 0.411 e. The van der Waals surface area contributed by atoms with Crippen LogP contribution in [0.5, 0.6) is 0 Å². The lowest BCUT2D eigenvalue weighted by Crippen LogP contribution is -2.25. The van der Waals surface area contributed by atoms with Crippen LogP contribution in [0.25, 0.3) is 0 Å². The van der Waals surface area contributed by atoms with Crippen molar-refractivity contribution in [3.8, 4) is 0 Å². The number of ether oxygens (including phenoxy) is 1. The third-order valence-electron chi connectivity index (χ3n) is 2.67. The Labute approximate surface area is 120 Å². The second-order valence-corrected chi connectivity index (χ2v) is 4.59. The first kappa shape index (κ1) is 17.3. The highest BCUT2D eigenvalue weighted by Gasteiger charge is 2.27. The molecule has 0 spiro atoms. The van der Waals surface area contributed by atoms with E-state index in [9.17, 15) is 13.2 Å². The van der Waals surface area contributed by atoms with Gasteiger partial charge in [-0.05, 0) is 18.7 Å². The van der Waals surface area contributed by atoms with Crippen molar-refractivity contribution in [3.05, 3.63) is 35.4 Å². The zero-order valence-corrected chi connectivity index (χ0v) is 11.6. The van der Waals surface area contributed by atoms with Crippen LogP contribution in [-0.4, -0.2) is 48.9 Å². The smallest absolute Gasteiger partial charge is 0.409 e. The Morgan fingerprint density at radius 1 is 1.43 bits per heavy atom. The maximum Gasteiger partial charge on any atom is 0.411 e. The molecule has 0 radical (unpaired) electrons. The van der Waals surface area contributed by atoms with E-state index in [2.05, 4.69) is 9.89 Å². The van der Waals surface area contributed by atoms with Gasteiger partial charge < -0.3 is 15.7 Å². The average Bonchev–Trinajstić information content (AvgIpc) is 2.42. The van der Waals surface area contributed by atoms with Gasteiger partial charge in [-0.2, -0.15) is 13.2 Å². The number of oxime groups is 1. The van der Waals surface area contributed by atoms with Crippen molar-refractivity contribution in [2.75, 3.05) is 26.8 Å². The van der Waals surface area contributed by atoms with Gasteiger partial charge in [0.25, 0.3) is 0 Å². The van der Waals surface area contributed by atoms with Crippen molar-refractivity contribution >= 4 is 5.84 Å². The lowest BCUT2D eigenvalue weighted by Gasteiger charge is -2.17. The van der Waals surface area contributed by atoms with Crippen molar-refractivity contribution in [3.63, 3.8) is 0 Å². The van der Waals surface area contributed by atoms with Gasteiger partial charge >= 0.3 is 6.18 Å². The quantitative estimate of drug-likeness (QED) is 0.265. The number of alkyl halides is 3. The summed E-state index contributed by atoms with van der Waals surface area (Å²) in [6.45, 7) is -0.360. The first-order valence-corrected chi connectivity index (χ1v) is 6.21. The highest BCUT2D eigenvalue weighted by Crippen LogP contribution is 2.14. The van der Waals surface area contributed by atoms with Gasteiger partial charge in [-0.25, -0.2) is 0 Å². The Morgan fingerprint density at radius 2 is 2.14 bits per heavy atom. The Bertz CT molecular complexity index is 478. The van der Waals surface area contributed by atoms with Crippen molar-refractivity contribution in [2.45, 2.75) is 12.7 Å².